The van der Waals surface area contributed by atoms with Gasteiger partial charge in [0.2, 0.25) is 5.78 Å². The fraction of sp³-hybridized carbons (Fsp3) is 0.240. The van der Waals surface area contributed by atoms with Gasteiger partial charge in [0.15, 0.2) is 12.6 Å². The highest BCUT2D eigenvalue weighted by molar-refractivity contribution is 9.10. The Labute approximate surface area is 198 Å². The molecule has 0 saturated heterocycles. The molecule has 3 aromatic rings. The van der Waals surface area contributed by atoms with Crippen molar-refractivity contribution in [3.8, 4) is 17.2 Å². The van der Waals surface area contributed by atoms with Crippen LogP contribution < -0.4 is 14.2 Å². The van der Waals surface area contributed by atoms with Gasteiger partial charge in [0.25, 0.3) is 0 Å². The molecular weight excluding hydrogens is 490 g/mol. The third-order valence-electron chi connectivity index (χ3n) is 5.95. The number of allylic oxidation sites excluding steroid dienone is 1. The Balaban J connectivity index is 1.33. The van der Waals surface area contributed by atoms with Crippen LogP contribution in [0.2, 0.25) is 0 Å². The Hall–Kier alpha value is -3.07. The monoisotopic (exact) mass is 509 g/mol. The van der Waals surface area contributed by atoms with E-state index in [1.807, 2.05) is 37.3 Å². The van der Waals surface area contributed by atoms with Gasteiger partial charge in [0, 0.05) is 33.3 Å². The summed E-state index contributed by atoms with van der Waals surface area (Å²) in [5.41, 5.74) is 4.03. The second-order valence-electron chi connectivity index (χ2n) is 8.24. The van der Waals surface area contributed by atoms with Crippen molar-refractivity contribution in [1.29, 1.82) is 0 Å². The van der Waals surface area contributed by atoms with E-state index in [-0.39, 0.29) is 18.3 Å². The van der Waals surface area contributed by atoms with Crippen molar-refractivity contribution in [2.24, 2.45) is 0 Å². The molecule has 1 aromatic heterocycles. The molecule has 7 nitrogen and oxygen atoms in total. The summed E-state index contributed by atoms with van der Waals surface area (Å²) in [5, 5.41) is 0. The molecule has 0 bridgehead atoms. The average molecular weight is 510 g/mol. The van der Waals surface area contributed by atoms with Gasteiger partial charge in [-0.15, -0.1) is 0 Å². The fourth-order valence-corrected chi connectivity index (χ4v) is 5.00. The number of hydrogen-bond donors (Lipinski definition) is 0. The molecule has 0 saturated carbocycles. The molecule has 0 spiro atoms. The number of ether oxygens (including phenoxy) is 4. The molecule has 6 rings (SSSR count). The van der Waals surface area contributed by atoms with Gasteiger partial charge in [0.1, 0.15) is 29.7 Å². The maximum Gasteiger partial charge on any atom is 0.231 e. The normalized spacial score (nSPS) is 18.2. The van der Waals surface area contributed by atoms with E-state index in [4.69, 9.17) is 23.4 Å². The number of furan rings is 1. The number of benzene rings is 2. The first-order valence-electron chi connectivity index (χ1n) is 10.6. The van der Waals surface area contributed by atoms with E-state index >= 15 is 0 Å². The molecule has 0 radical (unpaired) electrons. The SMILES string of the molecule is Cc1c2c(cc3c1O/C(=C\c1cc(Br)cc4c1OCOC4)C3=O)CN(Cc1ccco1)CO2. The number of hydrogen-bond acceptors (Lipinski definition) is 7. The van der Waals surface area contributed by atoms with Crippen molar-refractivity contribution >= 4 is 27.8 Å². The van der Waals surface area contributed by atoms with Crippen molar-refractivity contribution in [3.63, 3.8) is 0 Å². The Morgan fingerprint density at radius 2 is 2.03 bits per heavy atom. The van der Waals surface area contributed by atoms with E-state index in [9.17, 15) is 4.79 Å². The van der Waals surface area contributed by atoms with Gasteiger partial charge in [-0.3, -0.25) is 9.69 Å². The molecule has 33 heavy (non-hydrogen) atoms. The molecule has 2 aromatic carbocycles. The quantitative estimate of drug-likeness (QED) is 0.450. The minimum absolute atomic E-state index is 0.153. The summed E-state index contributed by atoms with van der Waals surface area (Å²) in [5.74, 6) is 3.02. The van der Waals surface area contributed by atoms with Crippen LogP contribution in [-0.2, 0) is 24.4 Å². The van der Waals surface area contributed by atoms with Crippen LogP contribution in [-0.4, -0.2) is 24.2 Å². The molecule has 8 heteroatoms. The van der Waals surface area contributed by atoms with Gasteiger partial charge >= 0.3 is 0 Å². The van der Waals surface area contributed by atoms with E-state index < -0.39 is 0 Å². The zero-order valence-corrected chi connectivity index (χ0v) is 19.4. The number of carbonyl (C=O) groups is 1. The van der Waals surface area contributed by atoms with Crippen LogP contribution in [0, 0.1) is 6.92 Å². The minimum atomic E-state index is -0.153. The van der Waals surface area contributed by atoms with Crippen molar-refractivity contribution in [1.82, 2.24) is 4.90 Å². The minimum Gasteiger partial charge on any atom is -0.477 e. The van der Waals surface area contributed by atoms with Gasteiger partial charge in [-0.05, 0) is 43.3 Å². The molecule has 0 aliphatic carbocycles. The summed E-state index contributed by atoms with van der Waals surface area (Å²) < 4.78 is 29.5. The van der Waals surface area contributed by atoms with Crippen LogP contribution in [0.5, 0.6) is 17.2 Å². The maximum absolute atomic E-state index is 13.3. The van der Waals surface area contributed by atoms with E-state index in [0.717, 1.165) is 38.2 Å². The highest BCUT2D eigenvalue weighted by Crippen LogP contribution is 2.44. The fourth-order valence-electron chi connectivity index (χ4n) is 4.48. The Kier molecular flexibility index (Phi) is 5.01. The zero-order valence-electron chi connectivity index (χ0n) is 17.9. The Morgan fingerprint density at radius 1 is 1.12 bits per heavy atom. The molecule has 0 unspecified atom stereocenters. The summed E-state index contributed by atoms with van der Waals surface area (Å²) in [7, 11) is 0. The molecular formula is C25H20BrNO6. The average Bonchev–Trinajstić information content (AvgIpc) is 3.42. The predicted octanol–water partition coefficient (Wildman–Crippen LogP) is 5.19. The number of Topliss-reactive ketones (excluding diaryl/α,β-unsaturated/α-hetero) is 1. The van der Waals surface area contributed by atoms with E-state index in [1.54, 1.807) is 12.3 Å². The molecule has 4 heterocycles. The molecule has 3 aliphatic heterocycles. The number of carbonyl (C=O) groups excluding carboxylic acids is 1. The molecule has 0 fully saturated rings. The predicted molar refractivity (Wildman–Crippen MR) is 122 cm³/mol. The van der Waals surface area contributed by atoms with E-state index in [1.165, 1.54) is 0 Å². The van der Waals surface area contributed by atoms with Crippen LogP contribution in [0.1, 0.15) is 38.4 Å². The Bertz CT molecular complexity index is 1300. The standard InChI is InChI=1S/C25H20BrNO6/c1-14-23-16(9-27(12-31-23)10-19-3-2-4-30-19)7-20-22(28)21(33-24(14)20)8-15-5-18(26)6-17-11-29-13-32-25(15)17/h2-8H,9-13H2,1H3/b21-8-. The van der Waals surface area contributed by atoms with Gasteiger partial charge < -0.3 is 23.4 Å². The van der Waals surface area contributed by atoms with Crippen LogP contribution in [0.3, 0.4) is 0 Å². The second kappa shape index (κ2) is 8.06. The summed E-state index contributed by atoms with van der Waals surface area (Å²) in [6.07, 6.45) is 3.40. The number of halogens is 1. The third-order valence-corrected chi connectivity index (χ3v) is 6.41. The maximum atomic E-state index is 13.3. The molecule has 168 valence electrons. The Morgan fingerprint density at radius 3 is 2.88 bits per heavy atom. The first-order valence-corrected chi connectivity index (χ1v) is 11.4. The van der Waals surface area contributed by atoms with Crippen LogP contribution in [0.15, 0.2) is 51.2 Å². The number of fused-ring (bicyclic) bond motifs is 3. The number of ketones is 1. The largest absolute Gasteiger partial charge is 0.477 e. The van der Waals surface area contributed by atoms with Crippen LogP contribution in [0.4, 0.5) is 0 Å². The zero-order chi connectivity index (χ0) is 22.5. The van der Waals surface area contributed by atoms with E-state index in [0.29, 0.717) is 43.5 Å². The molecule has 0 N–H and O–H groups in total. The van der Waals surface area contributed by atoms with Gasteiger partial charge in [-0.1, -0.05) is 15.9 Å². The van der Waals surface area contributed by atoms with Crippen molar-refractivity contribution in [2.45, 2.75) is 26.6 Å². The summed E-state index contributed by atoms with van der Waals surface area (Å²) in [4.78, 5) is 15.4. The molecule has 0 atom stereocenters. The summed E-state index contributed by atoms with van der Waals surface area (Å²) >= 11 is 3.52. The van der Waals surface area contributed by atoms with Crippen LogP contribution >= 0.6 is 15.9 Å². The van der Waals surface area contributed by atoms with E-state index in [2.05, 4.69) is 20.8 Å². The van der Waals surface area contributed by atoms with Crippen LogP contribution in [0.25, 0.3) is 6.08 Å². The highest BCUT2D eigenvalue weighted by Gasteiger charge is 2.34. The van der Waals surface area contributed by atoms with Gasteiger partial charge in [-0.25, -0.2) is 0 Å². The topological polar surface area (TPSA) is 70.4 Å². The lowest BCUT2D eigenvalue weighted by molar-refractivity contribution is -0.0165. The highest BCUT2D eigenvalue weighted by atomic mass is 79.9. The number of rotatable bonds is 3. The van der Waals surface area contributed by atoms with Crippen molar-refractivity contribution in [2.75, 3.05) is 13.5 Å². The lowest BCUT2D eigenvalue weighted by atomic mass is 9.99. The molecule has 3 aliphatic rings. The summed E-state index contributed by atoms with van der Waals surface area (Å²) in [6.45, 7) is 4.29. The number of nitrogens with zero attached hydrogens (tertiary/aromatic N) is 1. The third kappa shape index (κ3) is 3.64. The first kappa shape index (κ1) is 20.5. The first-order chi connectivity index (χ1) is 16.1. The van der Waals surface area contributed by atoms with Gasteiger partial charge in [-0.2, -0.15) is 0 Å². The van der Waals surface area contributed by atoms with Crippen molar-refractivity contribution < 1.29 is 28.2 Å². The van der Waals surface area contributed by atoms with Crippen molar-refractivity contribution in [3.05, 3.63) is 80.4 Å². The second-order valence-corrected chi connectivity index (χ2v) is 9.16. The lowest BCUT2D eigenvalue weighted by Crippen LogP contribution is -2.31. The molecule has 0 amide bonds. The summed E-state index contributed by atoms with van der Waals surface area (Å²) in [6, 6.07) is 9.55. The smallest absolute Gasteiger partial charge is 0.231 e. The van der Waals surface area contributed by atoms with Gasteiger partial charge in [0.05, 0.1) is 25.0 Å². The lowest BCUT2D eigenvalue weighted by Gasteiger charge is -2.29.